The van der Waals surface area contributed by atoms with E-state index in [0.717, 1.165) is 70.6 Å². The summed E-state index contributed by atoms with van der Waals surface area (Å²) in [4.78, 5) is 42.2. The molecule has 1 rings (SSSR count). The van der Waals surface area contributed by atoms with Crippen molar-refractivity contribution in [1.29, 1.82) is 0 Å². The number of likely N-dealkylation sites (N-methyl/N-ethyl adjacent to an activating group) is 1. The molecule has 0 heterocycles. The lowest BCUT2D eigenvalue weighted by atomic mass is 10.1. The Kier molecular flexibility index (Phi) is 17.3. The van der Waals surface area contributed by atoms with E-state index in [-0.39, 0.29) is 19.6 Å². The van der Waals surface area contributed by atoms with Crippen LogP contribution in [0.2, 0.25) is 0 Å². The Bertz CT molecular complexity index is 1000. The Morgan fingerprint density at radius 3 is 2.10 bits per heavy atom. The molecule has 0 aliphatic carbocycles. The molecule has 1 aromatic rings. The van der Waals surface area contributed by atoms with Crippen LogP contribution in [0, 0.1) is 0 Å². The van der Waals surface area contributed by atoms with Crippen molar-refractivity contribution in [3.63, 3.8) is 0 Å². The molecule has 8 heteroatoms. The fourth-order valence-corrected chi connectivity index (χ4v) is 3.82. The number of nitrogens with zero attached hydrogens (tertiary/aromatic N) is 2. The molecule has 0 unspecified atom stereocenters. The van der Waals surface area contributed by atoms with Gasteiger partial charge in [-0.1, -0.05) is 87.4 Å². The summed E-state index contributed by atoms with van der Waals surface area (Å²) in [7, 11) is 0. The van der Waals surface area contributed by atoms with Crippen molar-refractivity contribution in [1.82, 2.24) is 10.2 Å². The number of hydrogen-bond donors (Lipinski definition) is 1. The minimum absolute atomic E-state index is 0.0969. The molecule has 8 nitrogen and oxygen atoms in total. The number of carbonyl (C=O) groups is 3. The fourth-order valence-electron chi connectivity index (χ4n) is 3.82. The number of allylic oxidation sites excluding steroid dienone is 2. The van der Waals surface area contributed by atoms with Crippen molar-refractivity contribution >= 4 is 23.9 Å². The Morgan fingerprint density at radius 1 is 0.875 bits per heavy atom. The Morgan fingerprint density at radius 2 is 1.48 bits per heavy atom. The lowest BCUT2D eigenvalue weighted by Gasteiger charge is -2.20. The summed E-state index contributed by atoms with van der Waals surface area (Å²) in [6.45, 7) is 3.84. The molecule has 0 saturated heterocycles. The highest BCUT2D eigenvalue weighted by Crippen LogP contribution is 2.09. The van der Waals surface area contributed by atoms with Crippen molar-refractivity contribution in [3.05, 3.63) is 61.2 Å². The first kappa shape index (κ1) is 29.6. The maximum atomic E-state index is 12.7. The smallest absolute Gasteiger partial charge is 0.437 e. The second kappa shape index (κ2) is 23.5. The van der Waals surface area contributed by atoms with Gasteiger partial charge in [-0.15, -0.1) is 18.2 Å². The maximum Gasteiger partial charge on any atom is 0.437 e. The highest BCUT2D eigenvalue weighted by Gasteiger charge is 2.17. The first-order valence-electron chi connectivity index (χ1n) is 15.9. The topological polar surface area (TPSA) is 97.3 Å². The number of amides is 2. The molecular formula is C32H49N3O5. The van der Waals surface area contributed by atoms with E-state index in [1.807, 2.05) is 18.2 Å². The zero-order valence-electron chi connectivity index (χ0n) is 26.9. The van der Waals surface area contributed by atoms with E-state index in [9.17, 15) is 14.4 Å². The van der Waals surface area contributed by atoms with Crippen molar-refractivity contribution in [2.45, 2.75) is 96.5 Å². The number of rotatable bonds is 21. The number of esters is 1. The molecule has 0 aromatic heterocycles. The molecule has 0 atom stereocenters. The molecule has 0 fully saturated rings. The molecule has 40 heavy (non-hydrogen) atoms. The van der Waals surface area contributed by atoms with Gasteiger partial charge in [0.2, 0.25) is 11.9 Å². The number of carbonyl (C=O) groups excluding carboxylic acids is 3. The standard InChI is InChI=1S/C32H49N3O5/c1-4-6-8-10-12-14-16-21-25-39-30(37)26-35(3)31(33-29(36)24-20-15-13-11-9-7-5-2)34-32(38)40-27-28-22-18-17-19-23-28/h4-5,17-19,22-23H,1-2,6-16,20-21,24-27H2,3H3,(H,33,34,36,38)/i3D3. The molecule has 222 valence electrons. The summed E-state index contributed by atoms with van der Waals surface area (Å²) in [5, 5.41) is 2.42. The number of unbranched alkanes of at least 4 members (excludes halogenated alkanes) is 11. The van der Waals surface area contributed by atoms with E-state index < -0.39 is 37.4 Å². The van der Waals surface area contributed by atoms with Crippen LogP contribution >= 0.6 is 0 Å². The zero-order chi connectivity index (χ0) is 31.8. The molecule has 0 bridgehead atoms. The molecule has 0 aliphatic rings. The number of hydrogen-bond acceptors (Lipinski definition) is 5. The summed E-state index contributed by atoms with van der Waals surface area (Å²) in [5.74, 6) is -1.90. The Balaban J connectivity index is 2.80. The molecule has 0 saturated carbocycles. The van der Waals surface area contributed by atoms with E-state index >= 15 is 0 Å². The average molecular weight is 559 g/mol. The normalized spacial score (nSPS) is 12.4. The lowest BCUT2D eigenvalue weighted by Crippen LogP contribution is -2.45. The van der Waals surface area contributed by atoms with Gasteiger partial charge in [0.15, 0.2) is 0 Å². The number of aliphatic imine (C=N–C) groups is 1. The largest absolute Gasteiger partial charge is 0.464 e. The summed E-state index contributed by atoms with van der Waals surface area (Å²) in [6, 6.07) is 8.89. The third-order valence-corrected chi connectivity index (χ3v) is 6.07. The van der Waals surface area contributed by atoms with E-state index in [4.69, 9.17) is 13.6 Å². The van der Waals surface area contributed by atoms with Gasteiger partial charge < -0.3 is 14.4 Å². The quantitative estimate of drug-likeness (QED) is 0.0568. The SMILES string of the molecule is [2H]C([2H])([2H])N(CC(=O)OCCCCCCCCC=C)C(=NC(=O)OCc1ccccc1)NC(=O)CCCCCCCC=C. The molecule has 0 spiro atoms. The highest BCUT2D eigenvalue weighted by molar-refractivity contribution is 6.01. The van der Waals surface area contributed by atoms with Gasteiger partial charge in [0.05, 0.1) is 6.61 Å². The Labute approximate surface area is 245 Å². The minimum atomic E-state index is -2.90. The van der Waals surface area contributed by atoms with Gasteiger partial charge in [-0.05, 0) is 44.1 Å². The third-order valence-electron chi connectivity index (χ3n) is 6.07. The fraction of sp³-hybridized carbons (Fsp3) is 0.562. The van der Waals surface area contributed by atoms with Crippen LogP contribution in [0.4, 0.5) is 4.79 Å². The van der Waals surface area contributed by atoms with Crippen LogP contribution in [0.1, 0.15) is 99.6 Å². The lowest BCUT2D eigenvalue weighted by molar-refractivity contribution is -0.144. The van der Waals surface area contributed by atoms with E-state index in [0.29, 0.717) is 23.3 Å². The molecule has 0 radical (unpaired) electrons. The number of guanidine groups is 1. The van der Waals surface area contributed by atoms with Crippen LogP contribution < -0.4 is 5.32 Å². The molecule has 2 amide bonds. The van der Waals surface area contributed by atoms with E-state index in [1.54, 1.807) is 24.3 Å². The molecule has 0 aliphatic heterocycles. The third kappa shape index (κ3) is 18.8. The van der Waals surface area contributed by atoms with Crippen molar-refractivity contribution in [2.24, 2.45) is 4.99 Å². The monoisotopic (exact) mass is 558 g/mol. The summed E-state index contributed by atoms with van der Waals surface area (Å²) in [5.41, 5.74) is 0.706. The van der Waals surface area contributed by atoms with Crippen LogP contribution in [0.5, 0.6) is 0 Å². The van der Waals surface area contributed by atoms with Crippen molar-refractivity contribution in [2.75, 3.05) is 20.1 Å². The zero-order valence-corrected chi connectivity index (χ0v) is 23.9. The molecular weight excluding hydrogens is 506 g/mol. The Hall–Kier alpha value is -3.42. The van der Waals surface area contributed by atoms with Gasteiger partial charge in [-0.25, -0.2) is 4.79 Å². The predicted molar refractivity (Wildman–Crippen MR) is 161 cm³/mol. The number of benzene rings is 1. The van der Waals surface area contributed by atoms with Gasteiger partial charge in [0.1, 0.15) is 13.2 Å². The average Bonchev–Trinajstić information content (AvgIpc) is 2.97. The van der Waals surface area contributed by atoms with Gasteiger partial charge >= 0.3 is 12.1 Å². The van der Waals surface area contributed by atoms with Gasteiger partial charge in [-0.2, -0.15) is 0 Å². The maximum absolute atomic E-state index is 12.7. The first-order valence-corrected chi connectivity index (χ1v) is 14.4. The number of nitrogens with one attached hydrogen (secondary N) is 1. The predicted octanol–water partition coefficient (Wildman–Crippen LogP) is 7.10. The molecule has 1 N–H and O–H groups in total. The first-order chi connectivity index (χ1) is 20.7. The van der Waals surface area contributed by atoms with Crippen LogP contribution in [-0.4, -0.2) is 49.0 Å². The van der Waals surface area contributed by atoms with Crippen LogP contribution in [-0.2, 0) is 25.7 Å². The second-order valence-electron chi connectivity index (χ2n) is 9.62. The van der Waals surface area contributed by atoms with Gasteiger partial charge in [0, 0.05) is 17.5 Å². The molecule has 1 aromatic carbocycles. The van der Waals surface area contributed by atoms with Crippen LogP contribution in [0.25, 0.3) is 0 Å². The second-order valence-corrected chi connectivity index (χ2v) is 9.62. The summed E-state index contributed by atoms with van der Waals surface area (Å²) < 4.78 is 34.4. The van der Waals surface area contributed by atoms with Crippen molar-refractivity contribution in [3.8, 4) is 0 Å². The van der Waals surface area contributed by atoms with E-state index in [1.165, 1.54) is 0 Å². The van der Waals surface area contributed by atoms with Crippen molar-refractivity contribution < 1.29 is 28.0 Å². The summed E-state index contributed by atoms with van der Waals surface area (Å²) in [6.07, 6.45) is 15.0. The van der Waals surface area contributed by atoms with Crippen LogP contribution in [0.3, 0.4) is 0 Å². The minimum Gasteiger partial charge on any atom is -0.464 e. The van der Waals surface area contributed by atoms with E-state index in [2.05, 4.69) is 23.5 Å². The summed E-state index contributed by atoms with van der Waals surface area (Å²) >= 11 is 0. The van der Waals surface area contributed by atoms with Crippen LogP contribution in [0.15, 0.2) is 60.6 Å². The van der Waals surface area contributed by atoms with Gasteiger partial charge in [-0.3, -0.25) is 14.9 Å². The highest BCUT2D eigenvalue weighted by atomic mass is 16.5. The number of ether oxygens (including phenoxy) is 2. The van der Waals surface area contributed by atoms with Gasteiger partial charge in [0.25, 0.3) is 0 Å².